The van der Waals surface area contributed by atoms with Gasteiger partial charge in [0, 0.05) is 31.4 Å². The van der Waals surface area contributed by atoms with Gasteiger partial charge in [-0.1, -0.05) is 44.2 Å². The Balaban J connectivity index is 0.00000232. The van der Waals surface area contributed by atoms with Gasteiger partial charge in [-0.25, -0.2) is 0 Å². The number of nitrogens with one attached hydrogen (secondary N) is 1. The molecule has 0 saturated heterocycles. The number of amides is 1. The number of hydrogen-bond acceptors (Lipinski definition) is 3. The molecule has 1 rings (SSSR count). The summed E-state index contributed by atoms with van der Waals surface area (Å²) in [5, 5.41) is 3.21. The van der Waals surface area contributed by atoms with Gasteiger partial charge in [0.05, 0.1) is 5.56 Å². The summed E-state index contributed by atoms with van der Waals surface area (Å²) in [5.41, 5.74) is 1.87. The highest BCUT2D eigenvalue weighted by Gasteiger charge is 2.13. The summed E-state index contributed by atoms with van der Waals surface area (Å²) in [6.45, 7) is 9.32. The quantitative estimate of drug-likeness (QED) is 0.617. The number of carbonyl (C=O) groups excluding carboxylic acids is 2. The zero-order valence-electron chi connectivity index (χ0n) is 14.8. The number of nitrogens with zero attached hydrogens (tertiary/aromatic N) is 1. The maximum absolute atomic E-state index is 12.3. The van der Waals surface area contributed by atoms with Crippen molar-refractivity contribution in [3.05, 3.63) is 59.3 Å². The van der Waals surface area contributed by atoms with E-state index >= 15 is 0 Å². The number of aldehydes is 1. The summed E-state index contributed by atoms with van der Waals surface area (Å²) in [6.07, 6.45) is 6.54. The Bertz CT molecular complexity index is 548. The average molecular weight is 316 g/mol. The molecule has 1 amide bonds. The molecule has 23 heavy (non-hydrogen) atoms. The average Bonchev–Trinajstić information content (AvgIpc) is 2.61. The molecule has 126 valence electrons. The molecule has 0 aliphatic heterocycles. The first-order chi connectivity index (χ1) is 11.1. The minimum absolute atomic E-state index is 0.159. The van der Waals surface area contributed by atoms with Gasteiger partial charge in [-0.2, -0.15) is 0 Å². The molecule has 1 aromatic carbocycles. The van der Waals surface area contributed by atoms with E-state index in [1.165, 1.54) is 0 Å². The van der Waals surface area contributed by atoms with Gasteiger partial charge in [-0.3, -0.25) is 9.59 Å². The first-order valence-electron chi connectivity index (χ1n) is 8.00. The van der Waals surface area contributed by atoms with Crippen LogP contribution in [0.15, 0.2) is 48.2 Å². The molecule has 0 atom stereocenters. The zero-order chi connectivity index (χ0) is 17.7. The van der Waals surface area contributed by atoms with E-state index in [1.807, 2.05) is 45.9 Å². The van der Waals surface area contributed by atoms with E-state index in [1.54, 1.807) is 36.2 Å². The normalized spacial score (nSPS) is 10.7. The molecule has 0 spiro atoms. The Morgan fingerprint density at radius 1 is 1.26 bits per heavy atom. The monoisotopic (exact) mass is 316 g/mol. The fourth-order valence-electron chi connectivity index (χ4n) is 1.88. The fourth-order valence-corrected chi connectivity index (χ4v) is 1.88. The van der Waals surface area contributed by atoms with Crippen LogP contribution in [0.3, 0.4) is 0 Å². The summed E-state index contributed by atoms with van der Waals surface area (Å²) in [7, 11) is 1.72. The molecule has 0 aromatic heterocycles. The van der Waals surface area contributed by atoms with Crippen LogP contribution in [-0.2, 0) is 0 Å². The molecule has 4 nitrogen and oxygen atoms in total. The van der Waals surface area contributed by atoms with Crippen LogP contribution in [0, 0.1) is 0 Å². The lowest BCUT2D eigenvalue weighted by atomic mass is 10.1. The van der Waals surface area contributed by atoms with E-state index in [0.717, 1.165) is 12.2 Å². The van der Waals surface area contributed by atoms with E-state index in [4.69, 9.17) is 0 Å². The van der Waals surface area contributed by atoms with Crippen LogP contribution in [0.2, 0.25) is 0 Å². The molecule has 0 aliphatic rings. The summed E-state index contributed by atoms with van der Waals surface area (Å²) in [4.78, 5) is 24.8. The highest BCUT2D eigenvalue weighted by molar-refractivity contribution is 6.01. The molecule has 1 N–H and O–H groups in total. The van der Waals surface area contributed by atoms with Crippen molar-refractivity contribution < 1.29 is 9.59 Å². The second-order valence-electron chi connectivity index (χ2n) is 4.57. The lowest BCUT2D eigenvalue weighted by Crippen LogP contribution is -2.27. The third-order valence-corrected chi connectivity index (χ3v) is 3.03. The molecule has 0 unspecified atom stereocenters. The zero-order valence-corrected chi connectivity index (χ0v) is 14.8. The molecule has 4 heteroatoms. The summed E-state index contributed by atoms with van der Waals surface area (Å²) >= 11 is 0. The molecule has 0 radical (unpaired) electrons. The predicted molar refractivity (Wildman–Crippen MR) is 96.7 cm³/mol. The summed E-state index contributed by atoms with van der Waals surface area (Å²) < 4.78 is 0. The fraction of sp³-hybridized carbons (Fsp3) is 0.368. The molecule has 0 heterocycles. The van der Waals surface area contributed by atoms with Gasteiger partial charge >= 0.3 is 0 Å². The lowest BCUT2D eigenvalue weighted by molar-refractivity contribution is 0.0807. The van der Waals surface area contributed by atoms with Crippen molar-refractivity contribution in [2.24, 2.45) is 0 Å². The maximum Gasteiger partial charge on any atom is 0.254 e. The smallest absolute Gasteiger partial charge is 0.254 e. The summed E-state index contributed by atoms with van der Waals surface area (Å²) in [6, 6.07) is 6.82. The third kappa shape index (κ3) is 6.96. The van der Waals surface area contributed by atoms with Crippen LogP contribution in [-0.4, -0.2) is 37.2 Å². The number of rotatable bonds is 7. The summed E-state index contributed by atoms with van der Waals surface area (Å²) in [5.74, 6) is -0.159. The molecular formula is C19H28N2O2. The van der Waals surface area contributed by atoms with Crippen LogP contribution in [0.1, 0.15) is 48.4 Å². The standard InChI is InChI=1S/C17H22N2O2.C2H6/c1-4-15(18-5-2)10-8-12-19(3)17(21)16-11-7-6-9-14(16)13-20;1-2/h4,6-11,13,18H,5,12H2,1-3H3;1-2H3/b10-8+,15-4-;. The van der Waals surface area contributed by atoms with Gasteiger partial charge < -0.3 is 10.2 Å². The SMILES string of the molecule is C/C=C(/C=C/CN(C)C(=O)c1ccccc1C=O)NCC.CC. The molecule has 0 bridgehead atoms. The van der Waals surface area contributed by atoms with Gasteiger partial charge in [-0.15, -0.1) is 0 Å². The van der Waals surface area contributed by atoms with E-state index < -0.39 is 0 Å². The minimum atomic E-state index is -0.159. The van der Waals surface area contributed by atoms with Crippen molar-refractivity contribution in [3.8, 4) is 0 Å². The van der Waals surface area contributed by atoms with Crippen LogP contribution in [0.5, 0.6) is 0 Å². The van der Waals surface area contributed by atoms with Crippen molar-refractivity contribution in [1.82, 2.24) is 10.2 Å². The van der Waals surface area contributed by atoms with Crippen LogP contribution < -0.4 is 5.32 Å². The Kier molecular flexibility index (Phi) is 11.0. The van der Waals surface area contributed by atoms with Crippen molar-refractivity contribution in [1.29, 1.82) is 0 Å². The number of allylic oxidation sites excluding steroid dienone is 2. The first kappa shape index (κ1) is 20.6. The Hall–Kier alpha value is -2.36. The van der Waals surface area contributed by atoms with Crippen molar-refractivity contribution in [2.45, 2.75) is 27.7 Å². The van der Waals surface area contributed by atoms with E-state index in [-0.39, 0.29) is 5.91 Å². The second kappa shape index (κ2) is 12.2. The maximum atomic E-state index is 12.3. The number of hydrogen-bond donors (Lipinski definition) is 1. The van der Waals surface area contributed by atoms with Crippen LogP contribution in [0.25, 0.3) is 0 Å². The Labute approximate surface area is 139 Å². The van der Waals surface area contributed by atoms with E-state index in [0.29, 0.717) is 24.0 Å². The number of likely N-dealkylation sites (N-methyl/N-ethyl adjacent to an activating group) is 2. The van der Waals surface area contributed by atoms with Crippen molar-refractivity contribution in [3.63, 3.8) is 0 Å². The minimum Gasteiger partial charge on any atom is -0.386 e. The largest absolute Gasteiger partial charge is 0.386 e. The number of benzene rings is 1. The van der Waals surface area contributed by atoms with Crippen LogP contribution in [0.4, 0.5) is 0 Å². The van der Waals surface area contributed by atoms with E-state index in [2.05, 4.69) is 5.32 Å². The van der Waals surface area contributed by atoms with E-state index in [9.17, 15) is 9.59 Å². The highest BCUT2D eigenvalue weighted by atomic mass is 16.2. The Morgan fingerprint density at radius 3 is 2.48 bits per heavy atom. The van der Waals surface area contributed by atoms with Gasteiger partial charge in [-0.05, 0) is 26.0 Å². The van der Waals surface area contributed by atoms with Gasteiger partial charge in [0.2, 0.25) is 0 Å². The topological polar surface area (TPSA) is 49.4 Å². The molecule has 0 aliphatic carbocycles. The van der Waals surface area contributed by atoms with Crippen LogP contribution >= 0.6 is 0 Å². The van der Waals surface area contributed by atoms with Gasteiger partial charge in [0.1, 0.15) is 0 Å². The molecule has 1 aromatic rings. The lowest BCUT2D eigenvalue weighted by Gasteiger charge is -2.16. The first-order valence-corrected chi connectivity index (χ1v) is 8.00. The molecule has 0 saturated carbocycles. The second-order valence-corrected chi connectivity index (χ2v) is 4.57. The van der Waals surface area contributed by atoms with Crippen molar-refractivity contribution >= 4 is 12.2 Å². The van der Waals surface area contributed by atoms with Gasteiger partial charge in [0.25, 0.3) is 5.91 Å². The molecular weight excluding hydrogens is 288 g/mol. The number of carbonyl (C=O) groups is 2. The van der Waals surface area contributed by atoms with Gasteiger partial charge in [0.15, 0.2) is 6.29 Å². The highest BCUT2D eigenvalue weighted by Crippen LogP contribution is 2.09. The molecule has 0 fully saturated rings. The van der Waals surface area contributed by atoms with Crippen molar-refractivity contribution in [2.75, 3.05) is 20.1 Å². The predicted octanol–water partition coefficient (Wildman–Crippen LogP) is 3.67. The third-order valence-electron chi connectivity index (χ3n) is 3.03. The Morgan fingerprint density at radius 2 is 1.91 bits per heavy atom.